The molecule has 0 radical (unpaired) electrons. The van der Waals surface area contributed by atoms with Crippen molar-refractivity contribution in [3.8, 4) is 0 Å². The number of rotatable bonds is 2. The molecule has 1 amide bonds. The van der Waals surface area contributed by atoms with Gasteiger partial charge in [0.15, 0.2) is 0 Å². The molecular formula is C15H15BrN2O3S2. The third kappa shape index (κ3) is 3.60. The number of hydrogen-bond donors (Lipinski definition) is 2. The van der Waals surface area contributed by atoms with Gasteiger partial charge in [0, 0.05) is 15.2 Å². The highest BCUT2D eigenvalue weighted by Gasteiger charge is 2.32. The molecule has 0 fully saturated rings. The zero-order chi connectivity index (χ0) is 15.7. The van der Waals surface area contributed by atoms with Crippen molar-refractivity contribution < 1.29 is 14.3 Å². The Morgan fingerprint density at radius 1 is 1.35 bits per heavy atom. The Bertz CT molecular complexity index is 735. The van der Waals surface area contributed by atoms with Crippen LogP contribution in [0, 0.1) is 0 Å². The van der Waals surface area contributed by atoms with Crippen LogP contribution in [0.2, 0.25) is 0 Å². The number of benzene rings is 1. The Morgan fingerprint density at radius 3 is 2.83 bits per heavy atom. The number of carbonyl (C=O) groups is 2. The Hall–Kier alpha value is -1.35. The smallest absolute Gasteiger partial charge is 0.338 e. The Labute approximate surface area is 152 Å². The van der Waals surface area contributed by atoms with Gasteiger partial charge in [-0.3, -0.25) is 4.79 Å². The summed E-state index contributed by atoms with van der Waals surface area (Å²) in [5, 5.41) is 4.32. The molecular weight excluding hydrogens is 400 g/mol. The molecule has 0 bridgehead atoms. The summed E-state index contributed by atoms with van der Waals surface area (Å²) in [4.78, 5) is 25.6. The fraction of sp³-hybridized carbons (Fsp3) is 0.200. The quantitative estimate of drug-likeness (QED) is 0.737. The van der Waals surface area contributed by atoms with Crippen LogP contribution in [0.25, 0.3) is 0 Å². The number of para-hydroxylation sites is 1. The lowest BCUT2D eigenvalue weighted by atomic mass is 10.1. The summed E-state index contributed by atoms with van der Waals surface area (Å²) in [5.41, 5.74) is 7.35. The van der Waals surface area contributed by atoms with Gasteiger partial charge in [-0.25, -0.2) is 4.79 Å². The maximum atomic E-state index is 12.2. The molecule has 1 aromatic carbocycles. The van der Waals surface area contributed by atoms with Crippen LogP contribution in [0.15, 0.2) is 40.6 Å². The number of nitrogens with two attached hydrogens (primary N) is 1. The number of methoxy groups -OCH3 is 1. The number of ether oxygens (including phenoxy) is 1. The number of carbonyl (C=O) groups excluding carboxylic acids is 2. The number of halogens is 1. The third-order valence-electron chi connectivity index (χ3n) is 3.35. The second-order valence-electron chi connectivity index (χ2n) is 4.78. The van der Waals surface area contributed by atoms with E-state index in [4.69, 9.17) is 10.5 Å². The number of esters is 1. The van der Waals surface area contributed by atoms with Crippen molar-refractivity contribution in [2.24, 2.45) is 5.73 Å². The van der Waals surface area contributed by atoms with E-state index < -0.39 is 6.04 Å². The predicted octanol–water partition coefficient (Wildman–Crippen LogP) is 3.23. The molecule has 1 aliphatic heterocycles. The summed E-state index contributed by atoms with van der Waals surface area (Å²) in [5.74, 6) is -0.616. The number of nitrogens with one attached hydrogen (secondary N) is 1. The van der Waals surface area contributed by atoms with Crippen LogP contribution in [0.4, 0.5) is 5.69 Å². The summed E-state index contributed by atoms with van der Waals surface area (Å²) in [6.45, 7) is 0. The van der Waals surface area contributed by atoms with Crippen molar-refractivity contribution in [2.75, 3.05) is 12.4 Å². The standard InChI is InChI=1S/C15H14N2O3S2.BrH/c1-20-15(19)8-6-11(21-7-8)13-12(16)14(18)17-9-4-2-3-5-10(9)22-13;/h2-7,12-13H,16H2,1H3,(H,17,18);1H/t12-,13+;/m0./s1. The second-order valence-corrected chi connectivity index (χ2v) is 6.91. The van der Waals surface area contributed by atoms with Crippen LogP contribution in [0.1, 0.15) is 20.5 Å². The fourth-order valence-corrected chi connectivity index (χ4v) is 4.54. The van der Waals surface area contributed by atoms with E-state index in [1.54, 1.807) is 11.4 Å². The van der Waals surface area contributed by atoms with Crippen LogP contribution in [0.3, 0.4) is 0 Å². The molecule has 0 aliphatic carbocycles. The van der Waals surface area contributed by atoms with E-state index in [1.807, 2.05) is 24.3 Å². The number of amides is 1. The van der Waals surface area contributed by atoms with Gasteiger partial charge < -0.3 is 15.8 Å². The predicted molar refractivity (Wildman–Crippen MR) is 97.6 cm³/mol. The average Bonchev–Trinajstić information content (AvgIpc) is 2.97. The van der Waals surface area contributed by atoms with Crippen LogP contribution < -0.4 is 11.1 Å². The zero-order valence-corrected chi connectivity index (χ0v) is 15.5. The number of hydrogen-bond acceptors (Lipinski definition) is 6. The van der Waals surface area contributed by atoms with Crippen molar-refractivity contribution in [1.29, 1.82) is 0 Å². The first kappa shape index (κ1) is 18.0. The molecule has 0 saturated heterocycles. The average molecular weight is 415 g/mol. The van der Waals surface area contributed by atoms with Crippen LogP contribution in [-0.2, 0) is 9.53 Å². The van der Waals surface area contributed by atoms with Crippen LogP contribution in [0.5, 0.6) is 0 Å². The molecule has 8 heteroatoms. The molecule has 0 saturated carbocycles. The van der Waals surface area contributed by atoms with Gasteiger partial charge in [-0.15, -0.1) is 40.1 Å². The monoisotopic (exact) mass is 414 g/mol. The molecule has 1 aromatic heterocycles. The van der Waals surface area contributed by atoms with E-state index in [9.17, 15) is 9.59 Å². The molecule has 0 unspecified atom stereocenters. The Kier molecular flexibility index (Phi) is 5.85. The summed E-state index contributed by atoms with van der Waals surface area (Å²) in [7, 11) is 1.34. The lowest BCUT2D eigenvalue weighted by Crippen LogP contribution is -2.38. The van der Waals surface area contributed by atoms with Gasteiger partial charge in [-0.05, 0) is 18.2 Å². The van der Waals surface area contributed by atoms with Gasteiger partial charge in [-0.1, -0.05) is 12.1 Å². The van der Waals surface area contributed by atoms with E-state index in [0.29, 0.717) is 5.56 Å². The molecule has 0 spiro atoms. The van der Waals surface area contributed by atoms with Crippen molar-refractivity contribution in [3.63, 3.8) is 0 Å². The van der Waals surface area contributed by atoms with E-state index in [1.165, 1.54) is 30.2 Å². The Balaban J connectivity index is 0.00000192. The zero-order valence-electron chi connectivity index (χ0n) is 12.1. The normalized spacial score (nSPS) is 19.8. The van der Waals surface area contributed by atoms with Gasteiger partial charge >= 0.3 is 5.97 Å². The lowest BCUT2D eigenvalue weighted by Gasteiger charge is -2.17. The van der Waals surface area contributed by atoms with Gasteiger partial charge in [0.1, 0.15) is 6.04 Å². The number of fused-ring (bicyclic) bond motifs is 1. The van der Waals surface area contributed by atoms with Gasteiger partial charge in [0.05, 0.1) is 23.6 Å². The second kappa shape index (κ2) is 7.48. The minimum Gasteiger partial charge on any atom is -0.465 e. The first-order valence-corrected chi connectivity index (χ1v) is 8.35. The SMILES string of the molecule is Br.COC(=O)c1csc([C@H]2Sc3ccccc3NC(=O)[C@H]2N)c1. The molecule has 2 aromatic rings. The van der Waals surface area contributed by atoms with E-state index in [2.05, 4.69) is 5.32 Å². The van der Waals surface area contributed by atoms with Crippen LogP contribution >= 0.6 is 40.1 Å². The van der Waals surface area contributed by atoms with Gasteiger partial charge in [0.25, 0.3) is 0 Å². The summed E-state index contributed by atoms with van der Waals surface area (Å²) in [6.07, 6.45) is 0. The minimum absolute atomic E-state index is 0. The molecule has 2 atom stereocenters. The first-order valence-electron chi connectivity index (χ1n) is 6.59. The minimum atomic E-state index is -0.693. The van der Waals surface area contributed by atoms with Crippen molar-refractivity contribution in [1.82, 2.24) is 0 Å². The highest BCUT2D eigenvalue weighted by atomic mass is 79.9. The van der Waals surface area contributed by atoms with Crippen LogP contribution in [-0.4, -0.2) is 25.0 Å². The molecule has 23 heavy (non-hydrogen) atoms. The Morgan fingerprint density at radius 2 is 2.09 bits per heavy atom. The summed E-state index contributed by atoms with van der Waals surface area (Å²) >= 11 is 2.93. The summed E-state index contributed by atoms with van der Waals surface area (Å²) < 4.78 is 4.72. The topological polar surface area (TPSA) is 81.4 Å². The molecule has 1 aliphatic rings. The highest BCUT2D eigenvalue weighted by Crippen LogP contribution is 2.44. The van der Waals surface area contributed by atoms with Crippen molar-refractivity contribution in [2.45, 2.75) is 16.2 Å². The van der Waals surface area contributed by atoms with Gasteiger partial charge in [0.2, 0.25) is 5.91 Å². The molecule has 122 valence electrons. The highest BCUT2D eigenvalue weighted by molar-refractivity contribution is 8.93. The van der Waals surface area contributed by atoms with Crippen molar-refractivity contribution >= 4 is 57.6 Å². The molecule has 3 N–H and O–H groups in total. The number of thiophene rings is 1. The number of thioether (sulfide) groups is 1. The third-order valence-corrected chi connectivity index (χ3v) is 5.92. The van der Waals surface area contributed by atoms with E-state index >= 15 is 0 Å². The first-order chi connectivity index (χ1) is 10.6. The van der Waals surface area contributed by atoms with Crippen molar-refractivity contribution in [3.05, 3.63) is 46.2 Å². The fourth-order valence-electron chi connectivity index (χ4n) is 2.20. The van der Waals surface area contributed by atoms with E-state index in [-0.39, 0.29) is 34.1 Å². The maximum absolute atomic E-state index is 12.2. The summed E-state index contributed by atoms with van der Waals surface area (Å²) in [6, 6.07) is 8.63. The maximum Gasteiger partial charge on any atom is 0.338 e. The molecule has 2 heterocycles. The molecule has 5 nitrogen and oxygen atoms in total. The molecule has 3 rings (SSSR count). The lowest BCUT2D eigenvalue weighted by molar-refractivity contribution is -0.117. The number of anilines is 1. The largest absolute Gasteiger partial charge is 0.465 e. The van der Waals surface area contributed by atoms with E-state index in [0.717, 1.165) is 15.5 Å². The van der Waals surface area contributed by atoms with Gasteiger partial charge in [-0.2, -0.15) is 0 Å².